The summed E-state index contributed by atoms with van der Waals surface area (Å²) in [5.74, 6) is 1.65. The molecule has 1 atom stereocenters. The van der Waals surface area contributed by atoms with E-state index in [0.717, 1.165) is 36.8 Å². The van der Waals surface area contributed by atoms with Gasteiger partial charge in [-0.1, -0.05) is 0 Å². The van der Waals surface area contributed by atoms with Gasteiger partial charge in [0.2, 0.25) is 6.79 Å². The molecule has 5 heteroatoms. The highest BCUT2D eigenvalue weighted by Crippen LogP contribution is 2.37. The number of fused-ring (bicyclic) bond motifs is 1. The fourth-order valence-corrected chi connectivity index (χ4v) is 3.28. The number of likely N-dealkylation sites (N-methyl/N-ethyl adjacent to an activating group) is 1. The van der Waals surface area contributed by atoms with E-state index in [-0.39, 0.29) is 0 Å². The minimum absolute atomic E-state index is 0.304. The highest BCUT2D eigenvalue weighted by atomic mass is 16.7. The van der Waals surface area contributed by atoms with Crippen molar-refractivity contribution in [1.29, 1.82) is 0 Å². The zero-order valence-electron chi connectivity index (χ0n) is 15.2. The van der Waals surface area contributed by atoms with Crippen molar-refractivity contribution in [2.45, 2.75) is 32.3 Å². The molecule has 2 heterocycles. The monoisotopic (exact) mass is 332 g/mol. The second kappa shape index (κ2) is 7.34. The second-order valence-electron chi connectivity index (χ2n) is 6.86. The van der Waals surface area contributed by atoms with E-state index in [1.807, 2.05) is 0 Å². The van der Waals surface area contributed by atoms with Crippen LogP contribution in [0, 0.1) is 6.92 Å². The fourth-order valence-electron chi connectivity index (χ4n) is 3.28. The van der Waals surface area contributed by atoms with Gasteiger partial charge in [0, 0.05) is 46.1 Å². The van der Waals surface area contributed by atoms with Crippen LogP contribution >= 0.6 is 0 Å². The average molecular weight is 332 g/mol. The van der Waals surface area contributed by atoms with Gasteiger partial charge < -0.3 is 24.0 Å². The molecule has 132 valence electrons. The molecule has 0 spiro atoms. The number of hydrogen-bond acceptors (Lipinski definition) is 5. The molecule has 0 aromatic heterocycles. The maximum atomic E-state index is 5.86. The number of ether oxygens (including phenoxy) is 3. The first kappa shape index (κ1) is 17.0. The quantitative estimate of drug-likeness (QED) is 0.828. The Morgan fingerprint density at radius 1 is 1.17 bits per heavy atom. The highest BCUT2D eigenvalue weighted by Gasteiger charge is 2.19. The zero-order chi connectivity index (χ0) is 17.1. The van der Waals surface area contributed by atoms with Crippen LogP contribution in [-0.2, 0) is 4.74 Å². The lowest BCUT2D eigenvalue weighted by Gasteiger charge is -2.28. The van der Waals surface area contributed by atoms with Crippen LogP contribution in [-0.4, -0.2) is 57.0 Å². The van der Waals surface area contributed by atoms with E-state index in [2.05, 4.69) is 56.2 Å². The summed E-state index contributed by atoms with van der Waals surface area (Å²) in [6.45, 7) is 4.22. The van der Waals surface area contributed by atoms with Crippen molar-refractivity contribution in [1.82, 2.24) is 9.80 Å². The van der Waals surface area contributed by atoms with Crippen LogP contribution < -0.4 is 9.47 Å². The smallest absolute Gasteiger partial charge is 0.231 e. The molecule has 2 aliphatic rings. The SMILES string of the molecule is Cc1cc2c(cc1/C(=C/N(C)CC1CCCCO1)N(C)C)OCO2. The summed E-state index contributed by atoms with van der Waals surface area (Å²) in [5.41, 5.74) is 3.51. The van der Waals surface area contributed by atoms with E-state index in [1.165, 1.54) is 24.0 Å². The van der Waals surface area contributed by atoms with E-state index in [9.17, 15) is 0 Å². The molecule has 0 saturated carbocycles. The summed E-state index contributed by atoms with van der Waals surface area (Å²) in [7, 11) is 6.26. The molecule has 1 aromatic carbocycles. The summed E-state index contributed by atoms with van der Waals surface area (Å²) < 4.78 is 16.9. The van der Waals surface area contributed by atoms with Crippen LogP contribution in [0.4, 0.5) is 0 Å². The van der Waals surface area contributed by atoms with Gasteiger partial charge in [-0.15, -0.1) is 0 Å². The molecule has 1 unspecified atom stereocenters. The second-order valence-corrected chi connectivity index (χ2v) is 6.86. The summed E-state index contributed by atoms with van der Waals surface area (Å²) in [4.78, 5) is 4.37. The topological polar surface area (TPSA) is 34.2 Å². The lowest BCUT2D eigenvalue weighted by atomic mass is 10.0. The molecular weight excluding hydrogens is 304 g/mol. The summed E-state index contributed by atoms with van der Waals surface area (Å²) in [6, 6.07) is 4.13. The van der Waals surface area contributed by atoms with E-state index in [0.29, 0.717) is 12.9 Å². The third-order valence-electron chi connectivity index (χ3n) is 4.59. The van der Waals surface area contributed by atoms with Gasteiger partial charge in [-0.25, -0.2) is 0 Å². The third-order valence-corrected chi connectivity index (χ3v) is 4.59. The van der Waals surface area contributed by atoms with Gasteiger partial charge in [0.1, 0.15) is 0 Å². The Balaban J connectivity index is 1.81. The van der Waals surface area contributed by atoms with Gasteiger partial charge in [0.05, 0.1) is 11.8 Å². The Morgan fingerprint density at radius 3 is 2.58 bits per heavy atom. The molecule has 1 aromatic rings. The summed E-state index contributed by atoms with van der Waals surface area (Å²) in [6.07, 6.45) is 6.14. The molecular formula is C19H28N2O3. The first-order chi connectivity index (χ1) is 11.5. The van der Waals surface area contributed by atoms with E-state index < -0.39 is 0 Å². The van der Waals surface area contributed by atoms with Crippen LogP contribution in [0.25, 0.3) is 5.70 Å². The minimum atomic E-state index is 0.304. The summed E-state index contributed by atoms with van der Waals surface area (Å²) in [5, 5.41) is 0. The van der Waals surface area contributed by atoms with Crippen molar-refractivity contribution < 1.29 is 14.2 Å². The van der Waals surface area contributed by atoms with Crippen molar-refractivity contribution in [2.24, 2.45) is 0 Å². The minimum Gasteiger partial charge on any atom is -0.454 e. The molecule has 0 amide bonds. The lowest BCUT2D eigenvalue weighted by molar-refractivity contribution is 0.00474. The van der Waals surface area contributed by atoms with Crippen molar-refractivity contribution in [3.05, 3.63) is 29.5 Å². The first-order valence-corrected chi connectivity index (χ1v) is 8.66. The Morgan fingerprint density at radius 2 is 1.92 bits per heavy atom. The first-order valence-electron chi connectivity index (χ1n) is 8.66. The molecule has 0 N–H and O–H groups in total. The molecule has 1 saturated heterocycles. The molecule has 0 radical (unpaired) electrons. The Bertz CT molecular complexity index is 607. The van der Waals surface area contributed by atoms with Gasteiger partial charge in [-0.2, -0.15) is 0 Å². The van der Waals surface area contributed by atoms with E-state index in [4.69, 9.17) is 14.2 Å². The maximum Gasteiger partial charge on any atom is 0.231 e. The normalized spacial score (nSPS) is 20.2. The van der Waals surface area contributed by atoms with Crippen LogP contribution in [0.15, 0.2) is 18.3 Å². The van der Waals surface area contributed by atoms with Crippen molar-refractivity contribution >= 4 is 5.70 Å². The van der Waals surface area contributed by atoms with E-state index >= 15 is 0 Å². The van der Waals surface area contributed by atoms with E-state index in [1.54, 1.807) is 0 Å². The predicted molar refractivity (Wildman–Crippen MR) is 95.2 cm³/mol. The molecule has 3 rings (SSSR count). The molecule has 24 heavy (non-hydrogen) atoms. The lowest BCUT2D eigenvalue weighted by Crippen LogP contribution is -2.31. The van der Waals surface area contributed by atoms with Gasteiger partial charge in [-0.3, -0.25) is 0 Å². The molecule has 0 bridgehead atoms. The fraction of sp³-hybridized carbons (Fsp3) is 0.579. The predicted octanol–water partition coefficient (Wildman–Crippen LogP) is 3.08. The Kier molecular flexibility index (Phi) is 5.19. The zero-order valence-corrected chi connectivity index (χ0v) is 15.2. The molecule has 5 nitrogen and oxygen atoms in total. The molecule has 1 fully saturated rings. The summed E-state index contributed by atoms with van der Waals surface area (Å²) >= 11 is 0. The number of benzene rings is 1. The maximum absolute atomic E-state index is 5.86. The number of nitrogens with zero attached hydrogens (tertiary/aromatic N) is 2. The number of hydrogen-bond donors (Lipinski definition) is 0. The van der Waals surface area contributed by atoms with Crippen LogP contribution in [0.2, 0.25) is 0 Å². The van der Waals surface area contributed by atoms with Crippen LogP contribution in [0.1, 0.15) is 30.4 Å². The Labute approximate surface area is 144 Å². The van der Waals surface area contributed by atoms with Gasteiger partial charge >= 0.3 is 0 Å². The van der Waals surface area contributed by atoms with Crippen molar-refractivity contribution in [3.63, 3.8) is 0 Å². The Hall–Kier alpha value is -1.88. The van der Waals surface area contributed by atoms with Crippen molar-refractivity contribution in [3.8, 4) is 11.5 Å². The van der Waals surface area contributed by atoms with Crippen molar-refractivity contribution in [2.75, 3.05) is 41.1 Å². The van der Waals surface area contributed by atoms with Gasteiger partial charge in [-0.05, 0) is 43.9 Å². The van der Waals surface area contributed by atoms with Gasteiger partial charge in [0.15, 0.2) is 11.5 Å². The number of aryl methyl sites for hydroxylation is 1. The standard InChI is InChI=1S/C19H28N2O3/c1-14-9-18-19(24-13-23-18)10-16(14)17(20(2)3)12-21(4)11-15-7-5-6-8-22-15/h9-10,12,15H,5-8,11,13H2,1-4H3/b17-12-. The van der Waals surface area contributed by atoms with Gasteiger partial charge in [0.25, 0.3) is 0 Å². The average Bonchev–Trinajstić information content (AvgIpc) is 3.00. The molecule has 2 aliphatic heterocycles. The highest BCUT2D eigenvalue weighted by molar-refractivity contribution is 5.69. The number of rotatable bonds is 5. The van der Waals surface area contributed by atoms with Crippen LogP contribution in [0.5, 0.6) is 11.5 Å². The molecule has 0 aliphatic carbocycles. The largest absolute Gasteiger partial charge is 0.454 e. The third kappa shape index (κ3) is 3.78. The van der Waals surface area contributed by atoms with Crippen LogP contribution in [0.3, 0.4) is 0 Å².